The highest BCUT2D eigenvalue weighted by molar-refractivity contribution is 5.96. The van der Waals surface area contributed by atoms with Crippen LogP contribution in [0.2, 0.25) is 0 Å². The van der Waals surface area contributed by atoms with E-state index in [2.05, 4.69) is 0 Å². The van der Waals surface area contributed by atoms with Crippen LogP contribution in [0.1, 0.15) is 12.5 Å². The fraction of sp³-hybridized carbons (Fsp3) is 0.412. The summed E-state index contributed by atoms with van der Waals surface area (Å²) in [5, 5.41) is 9.00. The number of carbonyl (C=O) groups is 2. The Kier molecular flexibility index (Phi) is 5.39. The zero-order valence-electron chi connectivity index (χ0n) is 13.7. The van der Waals surface area contributed by atoms with Gasteiger partial charge in [0.05, 0.1) is 18.9 Å². The molecule has 1 amide bonds. The summed E-state index contributed by atoms with van der Waals surface area (Å²) in [6.45, 7) is 0.519. The van der Waals surface area contributed by atoms with Crippen molar-refractivity contribution in [2.75, 3.05) is 20.2 Å². The summed E-state index contributed by atoms with van der Waals surface area (Å²) < 4.78 is 44.2. The number of ether oxygens (including phenoxy) is 1. The topological polar surface area (TPSA) is 66.8 Å². The van der Waals surface area contributed by atoms with Crippen molar-refractivity contribution >= 4 is 17.4 Å². The molecule has 1 heterocycles. The highest BCUT2D eigenvalue weighted by atomic mass is 19.4. The van der Waals surface area contributed by atoms with E-state index in [9.17, 15) is 22.8 Å². The molecule has 0 spiro atoms. The molecule has 1 N–H and O–H groups in total. The van der Waals surface area contributed by atoms with Gasteiger partial charge in [0, 0.05) is 24.7 Å². The van der Waals surface area contributed by atoms with Crippen LogP contribution < -0.4 is 4.74 Å². The first-order chi connectivity index (χ1) is 11.6. The van der Waals surface area contributed by atoms with E-state index in [1.807, 2.05) is 0 Å². The van der Waals surface area contributed by atoms with E-state index in [0.29, 0.717) is 16.9 Å². The Morgan fingerprint density at radius 2 is 1.92 bits per heavy atom. The predicted octanol–water partition coefficient (Wildman–Crippen LogP) is 2.82. The average molecular weight is 357 g/mol. The summed E-state index contributed by atoms with van der Waals surface area (Å²) in [6, 6.07) is 6.92. The van der Waals surface area contributed by atoms with Gasteiger partial charge in [0.15, 0.2) is 0 Å². The van der Waals surface area contributed by atoms with Crippen molar-refractivity contribution in [3.05, 3.63) is 35.9 Å². The average Bonchev–Trinajstić information content (AvgIpc) is 3.00. The number of hydrogen-bond donors (Lipinski definition) is 1. The molecular formula is C17H18F3NO4. The number of carbonyl (C=O) groups excluding carboxylic acids is 1. The Hall–Kier alpha value is -2.51. The lowest BCUT2D eigenvalue weighted by molar-refractivity contribution is -0.188. The van der Waals surface area contributed by atoms with E-state index in [4.69, 9.17) is 9.84 Å². The fourth-order valence-corrected chi connectivity index (χ4v) is 2.89. The molecule has 0 aliphatic carbocycles. The summed E-state index contributed by atoms with van der Waals surface area (Å²) in [6.07, 6.45) is -3.46. The molecule has 0 unspecified atom stereocenters. The number of methoxy groups -OCH3 is 1. The zero-order chi connectivity index (χ0) is 18.8. The first-order valence-corrected chi connectivity index (χ1v) is 7.55. The van der Waals surface area contributed by atoms with Gasteiger partial charge in [0.1, 0.15) is 5.75 Å². The van der Waals surface area contributed by atoms with Gasteiger partial charge in [-0.25, -0.2) is 0 Å². The van der Waals surface area contributed by atoms with E-state index in [-0.39, 0.29) is 0 Å². The molecule has 8 heteroatoms. The third-order valence-corrected chi connectivity index (χ3v) is 4.24. The summed E-state index contributed by atoms with van der Waals surface area (Å²) in [4.78, 5) is 24.3. The number of hydrogen-bond acceptors (Lipinski definition) is 3. The van der Waals surface area contributed by atoms with Gasteiger partial charge in [-0.05, 0) is 18.6 Å². The first-order valence-electron chi connectivity index (χ1n) is 7.55. The van der Waals surface area contributed by atoms with E-state index >= 15 is 0 Å². The normalized spacial score (nSPS) is 21.3. The van der Waals surface area contributed by atoms with Gasteiger partial charge in [-0.15, -0.1) is 0 Å². The molecule has 1 saturated heterocycles. The Bertz CT molecular complexity index is 699. The molecule has 5 nitrogen and oxygen atoms in total. The maximum atomic E-state index is 13.0. The van der Waals surface area contributed by atoms with Gasteiger partial charge in [-0.2, -0.15) is 13.2 Å². The number of amides is 1. The number of para-hydroxylation sites is 1. The van der Waals surface area contributed by atoms with Crippen LogP contribution in [0.4, 0.5) is 13.2 Å². The molecule has 1 fully saturated rings. The molecule has 0 bridgehead atoms. The van der Waals surface area contributed by atoms with Crippen molar-refractivity contribution in [1.29, 1.82) is 0 Å². The molecular weight excluding hydrogens is 339 g/mol. The molecule has 2 atom stereocenters. The van der Waals surface area contributed by atoms with Crippen molar-refractivity contribution in [3.63, 3.8) is 0 Å². The maximum Gasteiger partial charge on any atom is 0.394 e. The molecule has 1 aromatic rings. The number of allylic oxidation sites excluding steroid dienone is 1. The molecule has 136 valence electrons. The van der Waals surface area contributed by atoms with E-state index in [1.165, 1.54) is 13.2 Å². The van der Waals surface area contributed by atoms with E-state index < -0.39 is 43.0 Å². The molecule has 0 radical (unpaired) electrons. The predicted molar refractivity (Wildman–Crippen MR) is 83.9 cm³/mol. The quantitative estimate of drug-likeness (QED) is 0.842. The molecule has 1 aliphatic heterocycles. The van der Waals surface area contributed by atoms with Crippen LogP contribution >= 0.6 is 0 Å². The summed E-state index contributed by atoms with van der Waals surface area (Å²) in [7, 11) is 1.47. The number of carboxylic acids is 1. The number of likely N-dealkylation sites (tertiary alicyclic amines) is 1. The molecule has 1 aromatic carbocycles. The SMILES string of the molecule is COc1ccccc1/C(C)=C/C(=O)N1C[C@@H](C(F)(F)F)[C@H](C(=O)O)C1. The third-order valence-electron chi connectivity index (χ3n) is 4.24. The van der Waals surface area contributed by atoms with Crippen molar-refractivity contribution in [1.82, 2.24) is 4.90 Å². The van der Waals surface area contributed by atoms with Crippen LogP contribution in [0, 0.1) is 11.8 Å². The van der Waals surface area contributed by atoms with Crippen molar-refractivity contribution in [2.45, 2.75) is 13.1 Å². The van der Waals surface area contributed by atoms with Gasteiger partial charge >= 0.3 is 12.1 Å². The highest BCUT2D eigenvalue weighted by Crippen LogP contribution is 2.38. The number of carboxylic acid groups (broad SMARTS) is 1. The van der Waals surface area contributed by atoms with Crippen LogP contribution in [0.3, 0.4) is 0 Å². The minimum absolute atomic E-state index is 0.464. The van der Waals surface area contributed by atoms with E-state index in [0.717, 1.165) is 4.90 Å². The largest absolute Gasteiger partial charge is 0.496 e. The molecule has 1 aliphatic rings. The van der Waals surface area contributed by atoms with Gasteiger partial charge < -0.3 is 14.7 Å². The molecule has 0 saturated carbocycles. The second kappa shape index (κ2) is 7.16. The summed E-state index contributed by atoms with van der Waals surface area (Å²) in [5.74, 6) is -5.38. The van der Waals surface area contributed by atoms with Crippen LogP contribution in [0.5, 0.6) is 5.75 Å². The summed E-state index contributed by atoms with van der Waals surface area (Å²) >= 11 is 0. The van der Waals surface area contributed by atoms with Crippen LogP contribution in [0.25, 0.3) is 5.57 Å². The van der Waals surface area contributed by atoms with Crippen LogP contribution in [0.15, 0.2) is 30.3 Å². The van der Waals surface area contributed by atoms with Gasteiger partial charge in [-0.3, -0.25) is 9.59 Å². The smallest absolute Gasteiger partial charge is 0.394 e. The number of alkyl halides is 3. The highest BCUT2D eigenvalue weighted by Gasteiger charge is 2.53. The zero-order valence-corrected chi connectivity index (χ0v) is 13.7. The maximum absolute atomic E-state index is 13.0. The lowest BCUT2D eigenvalue weighted by Gasteiger charge is -2.18. The Morgan fingerprint density at radius 1 is 1.28 bits per heavy atom. The first kappa shape index (κ1) is 18.8. The standard InChI is InChI=1S/C17H18F3NO4/c1-10(11-5-3-4-6-14(11)25-2)7-15(22)21-8-12(16(23)24)13(9-21)17(18,19)20/h3-7,12-13H,8-9H2,1-2H3,(H,23,24)/b10-7+/t12-,13-/m1/s1. The number of aliphatic carboxylic acids is 1. The Morgan fingerprint density at radius 3 is 2.44 bits per heavy atom. The van der Waals surface area contributed by atoms with Gasteiger partial charge in [-0.1, -0.05) is 18.2 Å². The number of halogens is 3. The molecule has 2 rings (SSSR count). The van der Waals surface area contributed by atoms with Crippen LogP contribution in [-0.2, 0) is 9.59 Å². The van der Waals surface area contributed by atoms with E-state index in [1.54, 1.807) is 31.2 Å². The monoisotopic (exact) mass is 357 g/mol. The summed E-state index contributed by atoms with van der Waals surface area (Å²) in [5.41, 5.74) is 1.16. The van der Waals surface area contributed by atoms with Gasteiger partial charge in [0.25, 0.3) is 0 Å². The molecule has 25 heavy (non-hydrogen) atoms. The molecule has 0 aromatic heterocycles. The Balaban J connectivity index is 2.22. The second-order valence-electron chi connectivity index (χ2n) is 5.86. The van der Waals surface area contributed by atoms with Crippen molar-refractivity contribution < 1.29 is 32.6 Å². The number of nitrogens with zero attached hydrogens (tertiary/aromatic N) is 1. The second-order valence-corrected chi connectivity index (χ2v) is 5.86. The minimum atomic E-state index is -4.67. The third kappa shape index (κ3) is 4.12. The van der Waals surface area contributed by atoms with Crippen molar-refractivity contribution in [3.8, 4) is 5.75 Å². The lowest BCUT2D eigenvalue weighted by atomic mass is 9.96. The number of rotatable bonds is 4. The fourth-order valence-electron chi connectivity index (χ4n) is 2.89. The van der Waals surface area contributed by atoms with Gasteiger partial charge in [0.2, 0.25) is 5.91 Å². The Labute approximate surface area is 142 Å². The lowest BCUT2D eigenvalue weighted by Crippen LogP contribution is -2.33. The van der Waals surface area contributed by atoms with Crippen LogP contribution in [-0.4, -0.2) is 48.3 Å². The number of benzene rings is 1. The minimum Gasteiger partial charge on any atom is -0.496 e. The van der Waals surface area contributed by atoms with Crippen molar-refractivity contribution in [2.24, 2.45) is 11.8 Å².